The Balaban J connectivity index is 1.70. The van der Waals surface area contributed by atoms with E-state index in [1.807, 2.05) is 24.3 Å². The highest BCUT2D eigenvalue weighted by molar-refractivity contribution is 6.31. The number of hydrogen-bond acceptors (Lipinski definition) is 4. The van der Waals surface area contributed by atoms with Crippen LogP contribution in [-0.2, 0) is 25.4 Å². The zero-order valence-electron chi connectivity index (χ0n) is 14.1. The first kappa shape index (κ1) is 17.7. The van der Waals surface area contributed by atoms with Gasteiger partial charge in [0.05, 0.1) is 18.8 Å². The molecule has 1 heterocycles. The number of carbonyl (C=O) groups excluding carboxylic acids is 1. The molecule has 1 saturated heterocycles. The van der Waals surface area contributed by atoms with Gasteiger partial charge in [0.25, 0.3) is 0 Å². The molecule has 1 aliphatic heterocycles. The third kappa shape index (κ3) is 4.29. The molecular weight excluding hydrogens is 328 g/mol. The third-order valence-corrected chi connectivity index (χ3v) is 5.22. The number of carbonyl (C=O) groups is 1. The quantitative estimate of drug-likeness (QED) is 0.742. The zero-order chi connectivity index (χ0) is 17.0. The predicted octanol–water partition coefficient (Wildman–Crippen LogP) is 4.28. The molecule has 2 fully saturated rings. The Hall–Kier alpha value is -1.10. The van der Waals surface area contributed by atoms with E-state index in [0.717, 1.165) is 36.3 Å². The molecule has 1 saturated carbocycles. The minimum Gasteiger partial charge on any atom is -0.466 e. The Bertz CT molecular complexity index is 568. The van der Waals surface area contributed by atoms with Gasteiger partial charge in [0.15, 0.2) is 5.79 Å². The summed E-state index contributed by atoms with van der Waals surface area (Å²) in [6.45, 7) is 1.79. The van der Waals surface area contributed by atoms with E-state index in [4.69, 9.17) is 25.8 Å². The molecule has 0 amide bonds. The van der Waals surface area contributed by atoms with Gasteiger partial charge in [-0.3, -0.25) is 4.79 Å². The molecule has 1 aromatic carbocycles. The van der Waals surface area contributed by atoms with E-state index < -0.39 is 5.79 Å². The van der Waals surface area contributed by atoms with E-state index in [-0.39, 0.29) is 18.2 Å². The molecule has 132 valence electrons. The molecule has 2 atom stereocenters. The minimum atomic E-state index is -0.453. The maximum Gasteiger partial charge on any atom is 0.302 e. The molecule has 1 spiro atoms. The highest BCUT2D eigenvalue weighted by atomic mass is 35.5. The predicted molar refractivity (Wildman–Crippen MR) is 92.0 cm³/mol. The lowest BCUT2D eigenvalue weighted by Crippen LogP contribution is -2.33. The van der Waals surface area contributed by atoms with Gasteiger partial charge in [-0.25, -0.2) is 0 Å². The van der Waals surface area contributed by atoms with Crippen molar-refractivity contribution in [3.63, 3.8) is 0 Å². The second-order valence-electron chi connectivity index (χ2n) is 6.71. The van der Waals surface area contributed by atoms with Crippen LogP contribution in [0.5, 0.6) is 0 Å². The monoisotopic (exact) mass is 352 g/mol. The first-order valence-electron chi connectivity index (χ1n) is 8.80. The molecule has 0 aromatic heterocycles. The van der Waals surface area contributed by atoms with Crippen molar-refractivity contribution in [2.45, 2.75) is 69.9 Å². The standard InChI is InChI=1S/C19H25ClO4/c1-14(21)22-12-9-17-18(13-15-7-3-4-8-16(15)20)24-19(23-17)10-5-2-6-11-19/h3-4,7-8,17-18H,2,5-6,9-13H2,1H3. The lowest BCUT2D eigenvalue weighted by molar-refractivity contribution is -0.194. The molecule has 1 aromatic rings. The molecule has 3 rings (SSSR count). The van der Waals surface area contributed by atoms with Crippen molar-refractivity contribution in [2.24, 2.45) is 0 Å². The van der Waals surface area contributed by atoms with Gasteiger partial charge in [-0.2, -0.15) is 0 Å². The fourth-order valence-corrected chi connectivity index (χ4v) is 3.89. The number of esters is 1. The Morgan fingerprint density at radius 3 is 2.62 bits per heavy atom. The van der Waals surface area contributed by atoms with Crippen LogP contribution in [0.4, 0.5) is 0 Å². The van der Waals surface area contributed by atoms with Gasteiger partial charge in [0.1, 0.15) is 0 Å². The lowest BCUT2D eigenvalue weighted by Gasteiger charge is -2.32. The van der Waals surface area contributed by atoms with Gasteiger partial charge < -0.3 is 14.2 Å². The summed E-state index contributed by atoms with van der Waals surface area (Å²) in [5, 5.41) is 0.754. The normalized spacial score (nSPS) is 25.8. The van der Waals surface area contributed by atoms with Crippen LogP contribution in [-0.4, -0.2) is 30.6 Å². The van der Waals surface area contributed by atoms with Crippen LogP contribution < -0.4 is 0 Å². The molecule has 0 bridgehead atoms. The Morgan fingerprint density at radius 1 is 1.21 bits per heavy atom. The van der Waals surface area contributed by atoms with Crippen LogP contribution in [0.15, 0.2) is 24.3 Å². The summed E-state index contributed by atoms with van der Waals surface area (Å²) in [5.41, 5.74) is 1.07. The highest BCUT2D eigenvalue weighted by Crippen LogP contribution is 2.42. The molecule has 4 nitrogen and oxygen atoms in total. The minimum absolute atomic E-state index is 0.0569. The SMILES string of the molecule is CC(=O)OCCC1OC2(CCCCC2)OC1Cc1ccccc1Cl. The number of hydrogen-bond donors (Lipinski definition) is 0. The van der Waals surface area contributed by atoms with E-state index in [9.17, 15) is 4.79 Å². The maximum absolute atomic E-state index is 11.0. The summed E-state index contributed by atoms with van der Waals surface area (Å²) in [6.07, 6.45) is 6.62. The first-order chi connectivity index (χ1) is 11.6. The van der Waals surface area contributed by atoms with Crippen molar-refractivity contribution in [3.8, 4) is 0 Å². The van der Waals surface area contributed by atoms with Gasteiger partial charge >= 0.3 is 5.97 Å². The van der Waals surface area contributed by atoms with E-state index in [1.54, 1.807) is 0 Å². The average molecular weight is 353 g/mol. The smallest absolute Gasteiger partial charge is 0.302 e. The average Bonchev–Trinajstić information content (AvgIpc) is 2.87. The van der Waals surface area contributed by atoms with Gasteiger partial charge in [-0.15, -0.1) is 0 Å². The topological polar surface area (TPSA) is 44.8 Å². The summed E-state index contributed by atoms with van der Waals surface area (Å²) in [7, 11) is 0. The molecule has 2 aliphatic rings. The van der Waals surface area contributed by atoms with Crippen LogP contribution in [0.25, 0.3) is 0 Å². The van der Waals surface area contributed by atoms with E-state index in [0.29, 0.717) is 19.4 Å². The highest BCUT2D eigenvalue weighted by Gasteiger charge is 2.47. The number of benzene rings is 1. The number of ether oxygens (including phenoxy) is 3. The molecule has 1 aliphatic carbocycles. The van der Waals surface area contributed by atoms with Crippen LogP contribution in [0, 0.1) is 0 Å². The summed E-state index contributed by atoms with van der Waals surface area (Å²) in [4.78, 5) is 11.0. The van der Waals surface area contributed by atoms with Crippen molar-refractivity contribution in [3.05, 3.63) is 34.9 Å². The van der Waals surface area contributed by atoms with Crippen LogP contribution in [0.2, 0.25) is 5.02 Å². The fourth-order valence-electron chi connectivity index (χ4n) is 3.67. The van der Waals surface area contributed by atoms with Gasteiger partial charge in [-0.05, 0) is 24.5 Å². The molecule has 2 unspecified atom stereocenters. The van der Waals surface area contributed by atoms with Gasteiger partial charge in [0, 0.05) is 37.6 Å². The second-order valence-corrected chi connectivity index (χ2v) is 7.12. The molecular formula is C19H25ClO4. The fraction of sp³-hybridized carbons (Fsp3) is 0.632. The molecule has 5 heteroatoms. The summed E-state index contributed by atoms with van der Waals surface area (Å²) >= 11 is 6.31. The van der Waals surface area contributed by atoms with Gasteiger partial charge in [-0.1, -0.05) is 36.2 Å². The third-order valence-electron chi connectivity index (χ3n) is 4.85. The number of halogens is 1. The molecule has 24 heavy (non-hydrogen) atoms. The van der Waals surface area contributed by atoms with Crippen LogP contribution in [0.1, 0.15) is 51.0 Å². The summed E-state index contributed by atoms with van der Waals surface area (Å²) in [5.74, 6) is -0.714. The molecule has 0 N–H and O–H groups in total. The second kappa shape index (κ2) is 7.85. The lowest BCUT2D eigenvalue weighted by atomic mass is 9.94. The number of rotatable bonds is 5. The van der Waals surface area contributed by atoms with Crippen LogP contribution >= 0.6 is 11.6 Å². The Morgan fingerprint density at radius 2 is 1.92 bits per heavy atom. The first-order valence-corrected chi connectivity index (χ1v) is 9.18. The van der Waals surface area contributed by atoms with Crippen molar-refractivity contribution in [1.29, 1.82) is 0 Å². The van der Waals surface area contributed by atoms with Crippen molar-refractivity contribution >= 4 is 17.6 Å². The van der Waals surface area contributed by atoms with Crippen LogP contribution in [0.3, 0.4) is 0 Å². The zero-order valence-corrected chi connectivity index (χ0v) is 14.9. The van der Waals surface area contributed by atoms with Crippen molar-refractivity contribution < 1.29 is 19.0 Å². The summed E-state index contributed by atoms with van der Waals surface area (Å²) < 4.78 is 17.8. The van der Waals surface area contributed by atoms with Crippen molar-refractivity contribution in [2.75, 3.05) is 6.61 Å². The van der Waals surface area contributed by atoms with Gasteiger partial charge in [0.2, 0.25) is 0 Å². The Kier molecular flexibility index (Phi) is 5.80. The van der Waals surface area contributed by atoms with E-state index in [1.165, 1.54) is 13.3 Å². The largest absolute Gasteiger partial charge is 0.466 e. The van der Waals surface area contributed by atoms with E-state index in [2.05, 4.69) is 0 Å². The Labute approximate surface area is 148 Å². The summed E-state index contributed by atoms with van der Waals surface area (Å²) in [6, 6.07) is 7.84. The van der Waals surface area contributed by atoms with E-state index >= 15 is 0 Å². The maximum atomic E-state index is 11.0. The van der Waals surface area contributed by atoms with Crippen molar-refractivity contribution in [1.82, 2.24) is 0 Å². The molecule has 0 radical (unpaired) electrons.